The van der Waals surface area contributed by atoms with Gasteiger partial charge in [-0.25, -0.2) is 0 Å². The van der Waals surface area contributed by atoms with Gasteiger partial charge in [0.25, 0.3) is 5.91 Å². The second-order valence-corrected chi connectivity index (χ2v) is 5.50. The smallest absolute Gasteiger partial charge is 0.253 e. The summed E-state index contributed by atoms with van der Waals surface area (Å²) in [5, 5.41) is 12.3. The van der Waals surface area contributed by atoms with Gasteiger partial charge in [0.2, 0.25) is 5.91 Å². The van der Waals surface area contributed by atoms with Crippen LogP contribution in [0.5, 0.6) is 5.75 Å². The molecule has 1 aromatic carbocycles. The third kappa shape index (κ3) is 4.36. The SMILES string of the molecule is O=C(CCCl)NC1CCN(C(=O)c2cccc(O)c2)CC1. The number of benzene rings is 1. The van der Waals surface area contributed by atoms with Crippen molar-refractivity contribution in [2.45, 2.75) is 25.3 Å². The van der Waals surface area contributed by atoms with Gasteiger partial charge in [-0.05, 0) is 31.0 Å². The summed E-state index contributed by atoms with van der Waals surface area (Å²) < 4.78 is 0. The zero-order valence-electron chi connectivity index (χ0n) is 11.7. The number of likely N-dealkylation sites (tertiary alicyclic amines) is 1. The van der Waals surface area contributed by atoms with Crippen LogP contribution >= 0.6 is 11.6 Å². The molecule has 2 N–H and O–H groups in total. The van der Waals surface area contributed by atoms with E-state index in [4.69, 9.17) is 11.6 Å². The fraction of sp³-hybridized carbons (Fsp3) is 0.467. The van der Waals surface area contributed by atoms with Crippen molar-refractivity contribution < 1.29 is 14.7 Å². The van der Waals surface area contributed by atoms with Crippen LogP contribution in [0, 0.1) is 0 Å². The highest BCUT2D eigenvalue weighted by Crippen LogP contribution is 2.17. The lowest BCUT2D eigenvalue weighted by atomic mass is 10.0. The third-order valence-electron chi connectivity index (χ3n) is 3.56. The first-order chi connectivity index (χ1) is 10.1. The summed E-state index contributed by atoms with van der Waals surface area (Å²) in [5.74, 6) is 0.281. The molecule has 1 fully saturated rings. The average molecular weight is 311 g/mol. The molecule has 1 heterocycles. The topological polar surface area (TPSA) is 69.6 Å². The van der Waals surface area contributed by atoms with Crippen LogP contribution in [0.25, 0.3) is 0 Å². The number of phenols is 1. The van der Waals surface area contributed by atoms with Crippen molar-refractivity contribution in [2.24, 2.45) is 0 Å². The Kier molecular flexibility index (Phi) is 5.44. The van der Waals surface area contributed by atoms with Gasteiger partial charge in [-0.15, -0.1) is 11.6 Å². The molecule has 0 spiro atoms. The number of amides is 2. The van der Waals surface area contributed by atoms with Crippen molar-refractivity contribution in [3.05, 3.63) is 29.8 Å². The standard InChI is InChI=1S/C15H19ClN2O3/c16-7-4-14(20)17-12-5-8-18(9-6-12)15(21)11-2-1-3-13(19)10-11/h1-3,10,12,19H,4-9H2,(H,17,20). The van der Waals surface area contributed by atoms with Crippen LogP contribution < -0.4 is 5.32 Å². The van der Waals surface area contributed by atoms with Crippen LogP contribution in [0.1, 0.15) is 29.6 Å². The summed E-state index contributed by atoms with van der Waals surface area (Å²) in [5.41, 5.74) is 0.486. The molecule has 21 heavy (non-hydrogen) atoms. The number of nitrogens with zero attached hydrogens (tertiary/aromatic N) is 1. The lowest BCUT2D eigenvalue weighted by Crippen LogP contribution is -2.46. The monoisotopic (exact) mass is 310 g/mol. The first-order valence-electron chi connectivity index (χ1n) is 7.04. The van der Waals surface area contributed by atoms with E-state index in [2.05, 4.69) is 5.32 Å². The summed E-state index contributed by atoms with van der Waals surface area (Å²) >= 11 is 5.53. The maximum absolute atomic E-state index is 12.3. The van der Waals surface area contributed by atoms with Gasteiger partial charge in [-0.1, -0.05) is 6.07 Å². The maximum Gasteiger partial charge on any atom is 0.253 e. The molecular formula is C15H19ClN2O3. The van der Waals surface area contributed by atoms with Crippen LogP contribution in [0.2, 0.25) is 0 Å². The second-order valence-electron chi connectivity index (χ2n) is 5.12. The Morgan fingerprint density at radius 1 is 1.33 bits per heavy atom. The Labute approximate surface area is 128 Å². The lowest BCUT2D eigenvalue weighted by molar-refractivity contribution is -0.121. The highest BCUT2D eigenvalue weighted by atomic mass is 35.5. The Morgan fingerprint density at radius 2 is 2.05 bits per heavy atom. The summed E-state index contributed by atoms with van der Waals surface area (Å²) in [6, 6.07) is 6.46. The highest BCUT2D eigenvalue weighted by molar-refractivity contribution is 6.18. The Balaban J connectivity index is 1.86. The van der Waals surface area contributed by atoms with Crippen LogP contribution in [-0.2, 0) is 4.79 Å². The third-order valence-corrected chi connectivity index (χ3v) is 3.75. The fourth-order valence-corrected chi connectivity index (χ4v) is 2.61. The summed E-state index contributed by atoms with van der Waals surface area (Å²) in [6.07, 6.45) is 1.79. The van der Waals surface area contributed by atoms with Gasteiger partial charge in [-0.3, -0.25) is 9.59 Å². The molecular weight excluding hydrogens is 292 g/mol. The molecule has 0 atom stereocenters. The summed E-state index contributed by atoms with van der Waals surface area (Å²) in [6.45, 7) is 1.20. The second kappa shape index (κ2) is 7.31. The molecule has 0 aromatic heterocycles. The number of hydrogen-bond donors (Lipinski definition) is 2. The van der Waals surface area contributed by atoms with Gasteiger partial charge >= 0.3 is 0 Å². The molecule has 0 radical (unpaired) electrons. The number of piperidine rings is 1. The first kappa shape index (κ1) is 15.6. The molecule has 1 aromatic rings. The molecule has 6 heteroatoms. The number of carbonyl (C=O) groups is 2. The van der Waals surface area contributed by atoms with E-state index < -0.39 is 0 Å². The predicted molar refractivity (Wildman–Crippen MR) is 80.5 cm³/mol. The zero-order valence-corrected chi connectivity index (χ0v) is 12.5. The van der Waals surface area contributed by atoms with Crippen molar-refractivity contribution in [1.29, 1.82) is 0 Å². The van der Waals surface area contributed by atoms with E-state index in [1.807, 2.05) is 0 Å². The number of aromatic hydroxyl groups is 1. The molecule has 0 bridgehead atoms. The molecule has 1 aliphatic rings. The van der Waals surface area contributed by atoms with E-state index in [0.29, 0.717) is 31.0 Å². The minimum Gasteiger partial charge on any atom is -0.508 e. The molecule has 5 nitrogen and oxygen atoms in total. The molecule has 2 rings (SSSR count). The van der Waals surface area contributed by atoms with Gasteiger partial charge in [0.1, 0.15) is 5.75 Å². The molecule has 0 aliphatic carbocycles. The number of alkyl halides is 1. The maximum atomic E-state index is 12.3. The van der Waals surface area contributed by atoms with Crippen LogP contribution in [0.15, 0.2) is 24.3 Å². The van der Waals surface area contributed by atoms with Crippen molar-refractivity contribution in [2.75, 3.05) is 19.0 Å². The summed E-state index contributed by atoms with van der Waals surface area (Å²) in [7, 11) is 0. The van der Waals surface area contributed by atoms with E-state index in [1.54, 1.807) is 17.0 Å². The molecule has 0 unspecified atom stereocenters. The van der Waals surface area contributed by atoms with E-state index in [1.165, 1.54) is 12.1 Å². The first-order valence-corrected chi connectivity index (χ1v) is 7.57. The quantitative estimate of drug-likeness (QED) is 0.832. The minimum absolute atomic E-state index is 0.0391. The minimum atomic E-state index is -0.0866. The number of rotatable bonds is 4. The molecule has 2 amide bonds. The lowest BCUT2D eigenvalue weighted by Gasteiger charge is -2.32. The number of hydrogen-bond acceptors (Lipinski definition) is 3. The predicted octanol–water partition coefficient (Wildman–Crippen LogP) is 1.74. The van der Waals surface area contributed by atoms with Gasteiger partial charge in [0.15, 0.2) is 0 Å². The van der Waals surface area contributed by atoms with Crippen molar-refractivity contribution in [3.8, 4) is 5.75 Å². The number of halogens is 1. The van der Waals surface area contributed by atoms with Crippen molar-refractivity contribution in [1.82, 2.24) is 10.2 Å². The Bertz CT molecular complexity index is 513. The number of nitrogens with one attached hydrogen (secondary N) is 1. The number of carbonyl (C=O) groups excluding carboxylic acids is 2. The van der Waals surface area contributed by atoms with Crippen LogP contribution in [-0.4, -0.2) is 46.8 Å². The summed E-state index contributed by atoms with van der Waals surface area (Å²) in [4.78, 5) is 25.5. The van der Waals surface area contributed by atoms with E-state index in [9.17, 15) is 14.7 Å². The molecule has 1 saturated heterocycles. The Hall–Kier alpha value is -1.75. The van der Waals surface area contributed by atoms with Gasteiger partial charge in [0, 0.05) is 37.0 Å². The van der Waals surface area contributed by atoms with E-state index >= 15 is 0 Å². The molecule has 0 saturated carbocycles. The van der Waals surface area contributed by atoms with Crippen molar-refractivity contribution >= 4 is 23.4 Å². The highest BCUT2D eigenvalue weighted by Gasteiger charge is 2.24. The number of phenolic OH excluding ortho intramolecular Hbond substituents is 1. The van der Waals surface area contributed by atoms with Crippen molar-refractivity contribution in [3.63, 3.8) is 0 Å². The average Bonchev–Trinajstić information content (AvgIpc) is 2.47. The van der Waals surface area contributed by atoms with Gasteiger partial charge < -0.3 is 15.3 Å². The molecule has 114 valence electrons. The fourth-order valence-electron chi connectivity index (χ4n) is 2.43. The normalized spacial score (nSPS) is 15.8. The van der Waals surface area contributed by atoms with E-state index in [-0.39, 0.29) is 23.6 Å². The van der Waals surface area contributed by atoms with Gasteiger partial charge in [0.05, 0.1) is 0 Å². The largest absolute Gasteiger partial charge is 0.508 e. The zero-order chi connectivity index (χ0) is 15.2. The van der Waals surface area contributed by atoms with Gasteiger partial charge in [-0.2, -0.15) is 0 Å². The molecule has 1 aliphatic heterocycles. The van der Waals surface area contributed by atoms with E-state index in [0.717, 1.165) is 12.8 Å². The van der Waals surface area contributed by atoms with Crippen LogP contribution in [0.4, 0.5) is 0 Å². The Morgan fingerprint density at radius 3 is 2.67 bits per heavy atom. The van der Waals surface area contributed by atoms with Crippen LogP contribution in [0.3, 0.4) is 0 Å².